The van der Waals surface area contributed by atoms with Crippen LogP contribution in [-0.2, 0) is 9.63 Å². The summed E-state index contributed by atoms with van der Waals surface area (Å²) in [6.45, 7) is 6.19. The third kappa shape index (κ3) is 3.80. The Hall–Kier alpha value is -2.21. The van der Waals surface area contributed by atoms with Crippen LogP contribution in [0, 0.1) is 5.92 Å². The number of amides is 3. The zero-order valence-corrected chi connectivity index (χ0v) is 15.6. The van der Waals surface area contributed by atoms with Crippen LogP contribution in [0.3, 0.4) is 0 Å². The predicted molar refractivity (Wildman–Crippen MR) is 96.3 cm³/mol. The van der Waals surface area contributed by atoms with Crippen LogP contribution >= 0.6 is 0 Å². The molecule has 1 aromatic rings. The van der Waals surface area contributed by atoms with E-state index in [1.165, 1.54) is 9.96 Å². The average Bonchev–Trinajstić information content (AvgIpc) is 2.85. The summed E-state index contributed by atoms with van der Waals surface area (Å²) < 4.78 is 0. The van der Waals surface area contributed by atoms with E-state index >= 15 is 0 Å². The van der Waals surface area contributed by atoms with Gasteiger partial charge < -0.3 is 0 Å². The predicted octanol–water partition coefficient (Wildman–Crippen LogP) is 3.03. The van der Waals surface area contributed by atoms with Crippen LogP contribution in [0.4, 0.5) is 0 Å². The zero-order chi connectivity index (χ0) is 18.9. The van der Waals surface area contributed by atoms with E-state index in [1.807, 2.05) is 20.8 Å². The normalized spacial score (nSPS) is 23.1. The quantitative estimate of drug-likeness (QED) is 0.461. The summed E-state index contributed by atoms with van der Waals surface area (Å²) in [6.07, 6.45) is 4.08. The number of carbonyl (C=O) groups is 3. The van der Waals surface area contributed by atoms with Crippen LogP contribution in [0.1, 0.15) is 67.2 Å². The number of hydroxylamine groups is 2. The number of imide groups is 1. The second-order valence-electron chi connectivity index (χ2n) is 8.11. The molecule has 0 aromatic heterocycles. The van der Waals surface area contributed by atoms with Crippen molar-refractivity contribution in [3.63, 3.8) is 0 Å². The van der Waals surface area contributed by atoms with Crippen molar-refractivity contribution < 1.29 is 19.2 Å². The van der Waals surface area contributed by atoms with Gasteiger partial charge in [-0.3, -0.25) is 24.1 Å². The lowest BCUT2D eigenvalue weighted by Crippen LogP contribution is -2.43. The summed E-state index contributed by atoms with van der Waals surface area (Å²) in [5.41, 5.74) is 0.576. The standard InChI is InChI=1S/C20H26N2O4/c1-20(2,3)26-22(13-23)15-10-8-14(9-11-15)12-21-18(24)16-6-4-5-7-17(16)19(21)25/h4-7,13-15H,8-12H2,1-3H3. The van der Waals surface area contributed by atoms with Gasteiger partial charge in [-0.05, 0) is 64.5 Å². The number of carbonyl (C=O) groups excluding carboxylic acids is 3. The third-order valence-electron chi connectivity index (χ3n) is 4.98. The molecule has 6 heteroatoms. The molecule has 1 saturated carbocycles. The fourth-order valence-electron chi connectivity index (χ4n) is 3.74. The minimum atomic E-state index is -0.419. The van der Waals surface area contributed by atoms with Gasteiger partial charge in [-0.2, -0.15) is 0 Å². The van der Waals surface area contributed by atoms with Crippen molar-refractivity contribution in [3.05, 3.63) is 35.4 Å². The van der Waals surface area contributed by atoms with Crippen molar-refractivity contribution >= 4 is 18.2 Å². The molecule has 0 unspecified atom stereocenters. The molecule has 140 valence electrons. The molecule has 0 N–H and O–H groups in total. The molecule has 2 aliphatic rings. The van der Waals surface area contributed by atoms with Crippen LogP contribution in [0.25, 0.3) is 0 Å². The summed E-state index contributed by atoms with van der Waals surface area (Å²) in [6, 6.07) is 7.02. The molecule has 6 nitrogen and oxygen atoms in total. The molecule has 3 amide bonds. The molecule has 0 bridgehead atoms. The van der Waals surface area contributed by atoms with E-state index in [4.69, 9.17) is 4.84 Å². The van der Waals surface area contributed by atoms with Gasteiger partial charge in [0, 0.05) is 6.54 Å². The first-order valence-corrected chi connectivity index (χ1v) is 9.18. The summed E-state index contributed by atoms with van der Waals surface area (Å²) in [7, 11) is 0. The van der Waals surface area contributed by atoms with Gasteiger partial charge in [-0.15, -0.1) is 0 Å². The largest absolute Gasteiger partial charge is 0.276 e. The monoisotopic (exact) mass is 358 g/mol. The van der Waals surface area contributed by atoms with E-state index in [0.29, 0.717) is 17.7 Å². The number of fused-ring (bicyclic) bond motifs is 1. The minimum Gasteiger partial charge on any atom is -0.276 e. The smallest absolute Gasteiger partial charge is 0.261 e. The van der Waals surface area contributed by atoms with Crippen molar-refractivity contribution in [2.24, 2.45) is 5.92 Å². The van der Waals surface area contributed by atoms with Gasteiger partial charge >= 0.3 is 0 Å². The Kier molecular flexibility index (Phi) is 5.14. The van der Waals surface area contributed by atoms with E-state index in [2.05, 4.69) is 0 Å². The maximum Gasteiger partial charge on any atom is 0.261 e. The Morgan fingerprint density at radius 1 is 1.08 bits per heavy atom. The number of nitrogens with zero attached hydrogens (tertiary/aromatic N) is 2. The molecular weight excluding hydrogens is 332 g/mol. The highest BCUT2D eigenvalue weighted by molar-refractivity contribution is 6.21. The molecule has 1 aliphatic carbocycles. The molecule has 26 heavy (non-hydrogen) atoms. The molecule has 1 fully saturated rings. The second kappa shape index (κ2) is 7.19. The lowest BCUT2D eigenvalue weighted by atomic mass is 9.85. The van der Waals surface area contributed by atoms with Crippen LogP contribution in [-0.4, -0.2) is 46.4 Å². The Balaban J connectivity index is 1.57. The highest BCUT2D eigenvalue weighted by Gasteiger charge is 2.37. The molecular formula is C20H26N2O4. The lowest BCUT2D eigenvalue weighted by Gasteiger charge is -2.37. The number of rotatable bonds is 5. The first kappa shape index (κ1) is 18.6. The summed E-state index contributed by atoms with van der Waals surface area (Å²) in [5, 5.41) is 1.43. The Labute approximate surface area is 154 Å². The van der Waals surface area contributed by atoms with Gasteiger partial charge in [-0.25, -0.2) is 5.06 Å². The van der Waals surface area contributed by atoms with Crippen molar-refractivity contribution in [3.8, 4) is 0 Å². The second-order valence-corrected chi connectivity index (χ2v) is 8.11. The third-order valence-corrected chi connectivity index (χ3v) is 4.98. The molecule has 0 atom stereocenters. The Morgan fingerprint density at radius 2 is 1.62 bits per heavy atom. The van der Waals surface area contributed by atoms with Crippen LogP contribution in [0.2, 0.25) is 0 Å². The topological polar surface area (TPSA) is 66.9 Å². The van der Waals surface area contributed by atoms with Crippen LogP contribution < -0.4 is 0 Å². The number of hydrogen-bond acceptors (Lipinski definition) is 4. The van der Waals surface area contributed by atoms with E-state index in [0.717, 1.165) is 32.1 Å². The van der Waals surface area contributed by atoms with Crippen LogP contribution in [0.5, 0.6) is 0 Å². The first-order valence-electron chi connectivity index (χ1n) is 9.18. The highest BCUT2D eigenvalue weighted by Crippen LogP contribution is 2.31. The molecule has 1 heterocycles. The van der Waals surface area contributed by atoms with Crippen LogP contribution in [0.15, 0.2) is 24.3 Å². The van der Waals surface area contributed by atoms with Gasteiger partial charge in [0.2, 0.25) is 6.41 Å². The summed E-state index contributed by atoms with van der Waals surface area (Å²) >= 11 is 0. The van der Waals surface area contributed by atoms with E-state index < -0.39 is 5.60 Å². The number of hydrogen-bond donors (Lipinski definition) is 0. The molecule has 1 aromatic carbocycles. The summed E-state index contributed by atoms with van der Waals surface area (Å²) in [4.78, 5) is 43.4. The van der Waals surface area contributed by atoms with Gasteiger partial charge in [0.1, 0.15) is 0 Å². The fraction of sp³-hybridized carbons (Fsp3) is 0.550. The van der Waals surface area contributed by atoms with Crippen molar-refractivity contribution in [1.82, 2.24) is 9.96 Å². The zero-order valence-electron chi connectivity index (χ0n) is 15.6. The molecule has 1 aliphatic heterocycles. The SMILES string of the molecule is CC(C)(C)ON(C=O)C1CCC(CN2C(=O)c3ccccc3C2=O)CC1. The lowest BCUT2D eigenvalue weighted by molar-refractivity contribution is -0.236. The van der Waals surface area contributed by atoms with E-state index in [1.54, 1.807) is 24.3 Å². The van der Waals surface area contributed by atoms with E-state index in [-0.39, 0.29) is 23.8 Å². The first-order chi connectivity index (χ1) is 12.3. The van der Waals surface area contributed by atoms with Gasteiger partial charge in [0.05, 0.1) is 22.8 Å². The van der Waals surface area contributed by atoms with E-state index in [9.17, 15) is 14.4 Å². The Bertz CT molecular complexity index is 667. The molecule has 3 rings (SSSR count). The molecule has 0 saturated heterocycles. The van der Waals surface area contributed by atoms with Gasteiger partial charge in [-0.1, -0.05) is 12.1 Å². The maximum absolute atomic E-state index is 12.5. The average molecular weight is 358 g/mol. The Morgan fingerprint density at radius 3 is 2.08 bits per heavy atom. The van der Waals surface area contributed by atoms with Crippen molar-refractivity contribution in [1.29, 1.82) is 0 Å². The minimum absolute atomic E-state index is 0.0464. The fourth-order valence-corrected chi connectivity index (χ4v) is 3.74. The summed E-state index contributed by atoms with van der Waals surface area (Å²) in [5.74, 6) is -0.131. The van der Waals surface area contributed by atoms with Crippen molar-refractivity contribution in [2.45, 2.75) is 58.1 Å². The van der Waals surface area contributed by atoms with Gasteiger partial charge in [0.25, 0.3) is 11.8 Å². The van der Waals surface area contributed by atoms with Crippen molar-refractivity contribution in [2.75, 3.05) is 6.54 Å². The maximum atomic E-state index is 12.5. The molecule has 0 spiro atoms. The van der Waals surface area contributed by atoms with Gasteiger partial charge in [0.15, 0.2) is 0 Å². The molecule has 0 radical (unpaired) electrons. The highest BCUT2D eigenvalue weighted by atomic mass is 16.7. The number of benzene rings is 1.